The molecule has 12 heavy (non-hydrogen) atoms. The molecule has 2 nitrogen and oxygen atoms in total. The highest BCUT2D eigenvalue weighted by Crippen LogP contribution is 2.23. The average molecular weight is 235 g/mol. The van der Waals surface area contributed by atoms with Crippen molar-refractivity contribution < 1.29 is 14.6 Å². The molecule has 1 aromatic carbocycles. The number of hydrogen-bond acceptors (Lipinski definition) is 2. The smallest absolute Gasteiger partial charge is 0.123 e. The quantitative estimate of drug-likeness (QED) is 0.817. The highest BCUT2D eigenvalue weighted by Gasteiger charge is 2.10. The number of aliphatic hydroxyl groups is 2. The van der Waals surface area contributed by atoms with Crippen LogP contribution in [0.2, 0.25) is 0 Å². The van der Waals surface area contributed by atoms with Crippen molar-refractivity contribution in [3.63, 3.8) is 0 Å². The maximum Gasteiger partial charge on any atom is 0.123 e. The zero-order valence-electron chi connectivity index (χ0n) is 6.17. The second kappa shape index (κ2) is 3.98. The fourth-order valence-electron chi connectivity index (χ4n) is 0.868. The van der Waals surface area contributed by atoms with Crippen LogP contribution in [0.15, 0.2) is 22.7 Å². The predicted molar refractivity (Wildman–Crippen MR) is 46.1 cm³/mol. The van der Waals surface area contributed by atoms with E-state index < -0.39 is 18.5 Å². The third-order valence-corrected chi connectivity index (χ3v) is 2.21. The summed E-state index contributed by atoms with van der Waals surface area (Å²) in [5, 5.41) is 17.8. The number of aliphatic hydroxyl groups excluding tert-OH is 2. The van der Waals surface area contributed by atoms with Crippen LogP contribution >= 0.6 is 15.9 Å². The van der Waals surface area contributed by atoms with Gasteiger partial charge in [-0.25, -0.2) is 4.39 Å². The normalized spacial score (nSPS) is 13.0. The van der Waals surface area contributed by atoms with E-state index in [-0.39, 0.29) is 0 Å². The van der Waals surface area contributed by atoms with Crippen molar-refractivity contribution in [1.82, 2.24) is 0 Å². The molecule has 0 saturated heterocycles. The van der Waals surface area contributed by atoms with Crippen LogP contribution in [-0.4, -0.2) is 16.8 Å². The van der Waals surface area contributed by atoms with Gasteiger partial charge in [-0.1, -0.05) is 15.9 Å². The first-order valence-corrected chi connectivity index (χ1v) is 4.18. The highest BCUT2D eigenvalue weighted by molar-refractivity contribution is 9.10. The molecule has 2 N–H and O–H groups in total. The lowest BCUT2D eigenvalue weighted by atomic mass is 10.1. The predicted octanol–water partition coefficient (Wildman–Crippen LogP) is 1.61. The van der Waals surface area contributed by atoms with Crippen LogP contribution in [0.5, 0.6) is 0 Å². The van der Waals surface area contributed by atoms with E-state index in [4.69, 9.17) is 5.11 Å². The van der Waals surface area contributed by atoms with Gasteiger partial charge in [-0.15, -0.1) is 0 Å². The summed E-state index contributed by atoms with van der Waals surface area (Å²) in [5.41, 5.74) is 0.359. The summed E-state index contributed by atoms with van der Waals surface area (Å²) in [6.07, 6.45) is -1.03. The van der Waals surface area contributed by atoms with Crippen molar-refractivity contribution >= 4 is 15.9 Å². The molecule has 0 bridgehead atoms. The molecule has 4 heteroatoms. The first-order chi connectivity index (χ1) is 5.65. The molecular weight excluding hydrogens is 227 g/mol. The van der Waals surface area contributed by atoms with E-state index in [9.17, 15) is 9.50 Å². The summed E-state index contributed by atoms with van der Waals surface area (Å²) in [6.45, 7) is -0.415. The van der Waals surface area contributed by atoms with E-state index in [0.717, 1.165) is 0 Å². The van der Waals surface area contributed by atoms with Crippen molar-refractivity contribution in [2.24, 2.45) is 0 Å². The van der Waals surface area contributed by atoms with Crippen molar-refractivity contribution in [1.29, 1.82) is 0 Å². The fraction of sp³-hybridized carbons (Fsp3) is 0.250. The molecule has 0 aromatic heterocycles. The molecule has 0 amide bonds. The summed E-state index contributed by atoms with van der Waals surface area (Å²) in [5.74, 6) is -0.430. The van der Waals surface area contributed by atoms with E-state index in [2.05, 4.69) is 15.9 Å². The standard InChI is InChI=1S/C8H8BrFO2/c9-7-2-1-5(10)3-6(7)8(12)4-11/h1-3,8,11-12H,4H2. The van der Waals surface area contributed by atoms with Gasteiger partial charge in [-0.2, -0.15) is 0 Å². The maximum atomic E-state index is 12.6. The zero-order valence-corrected chi connectivity index (χ0v) is 7.75. The minimum atomic E-state index is -1.03. The van der Waals surface area contributed by atoms with Crippen LogP contribution in [0, 0.1) is 5.82 Å². The van der Waals surface area contributed by atoms with Crippen molar-refractivity contribution in [2.45, 2.75) is 6.10 Å². The molecule has 1 rings (SSSR count). The van der Waals surface area contributed by atoms with Gasteiger partial charge in [0.1, 0.15) is 11.9 Å². The lowest BCUT2D eigenvalue weighted by Crippen LogP contribution is -2.03. The van der Waals surface area contributed by atoms with Crippen molar-refractivity contribution in [3.8, 4) is 0 Å². The van der Waals surface area contributed by atoms with Crippen LogP contribution < -0.4 is 0 Å². The number of benzene rings is 1. The molecule has 0 radical (unpaired) electrons. The third kappa shape index (κ3) is 2.03. The molecule has 0 heterocycles. The van der Waals surface area contributed by atoms with Gasteiger partial charge in [0.25, 0.3) is 0 Å². The van der Waals surface area contributed by atoms with Gasteiger partial charge in [0.05, 0.1) is 6.61 Å². The first kappa shape index (κ1) is 9.64. The van der Waals surface area contributed by atoms with E-state index >= 15 is 0 Å². The number of halogens is 2. The Hall–Kier alpha value is -0.450. The monoisotopic (exact) mass is 234 g/mol. The third-order valence-electron chi connectivity index (χ3n) is 1.49. The van der Waals surface area contributed by atoms with Crippen molar-refractivity contribution in [2.75, 3.05) is 6.61 Å². The van der Waals surface area contributed by atoms with E-state index in [1.807, 2.05) is 0 Å². The molecule has 0 aliphatic rings. The molecule has 1 aromatic rings. The Morgan fingerprint density at radius 2 is 2.17 bits per heavy atom. The lowest BCUT2D eigenvalue weighted by molar-refractivity contribution is 0.0948. The minimum absolute atomic E-state index is 0.359. The fourth-order valence-corrected chi connectivity index (χ4v) is 1.38. The van der Waals surface area contributed by atoms with Crippen LogP contribution in [0.4, 0.5) is 4.39 Å². The van der Waals surface area contributed by atoms with Crippen LogP contribution in [0.3, 0.4) is 0 Å². The first-order valence-electron chi connectivity index (χ1n) is 3.39. The second-order valence-corrected chi connectivity index (χ2v) is 3.22. The molecule has 1 atom stereocenters. The highest BCUT2D eigenvalue weighted by atomic mass is 79.9. The Kier molecular flexibility index (Phi) is 3.20. The minimum Gasteiger partial charge on any atom is -0.393 e. The summed E-state index contributed by atoms with van der Waals surface area (Å²) in [6, 6.07) is 3.95. The Balaban J connectivity index is 3.04. The SMILES string of the molecule is OCC(O)c1cc(F)ccc1Br. The van der Waals surface area contributed by atoms with Gasteiger partial charge in [-0.3, -0.25) is 0 Å². The zero-order chi connectivity index (χ0) is 9.14. The molecular formula is C8H8BrFO2. The summed E-state index contributed by atoms with van der Waals surface area (Å²) < 4.78 is 13.2. The Bertz CT molecular complexity index is 278. The van der Waals surface area contributed by atoms with Gasteiger partial charge < -0.3 is 10.2 Å². The molecule has 0 aliphatic heterocycles. The Labute approximate surface area is 77.8 Å². The molecule has 0 spiro atoms. The van der Waals surface area contributed by atoms with Gasteiger partial charge in [0.2, 0.25) is 0 Å². The van der Waals surface area contributed by atoms with E-state index in [1.54, 1.807) is 0 Å². The molecule has 0 fully saturated rings. The Morgan fingerprint density at radius 3 is 2.75 bits per heavy atom. The topological polar surface area (TPSA) is 40.5 Å². The van der Waals surface area contributed by atoms with Crippen LogP contribution in [0.25, 0.3) is 0 Å². The van der Waals surface area contributed by atoms with Gasteiger partial charge in [0, 0.05) is 4.47 Å². The van der Waals surface area contributed by atoms with Crippen molar-refractivity contribution in [3.05, 3.63) is 34.1 Å². The maximum absolute atomic E-state index is 12.6. The summed E-state index contributed by atoms with van der Waals surface area (Å²) >= 11 is 3.13. The molecule has 66 valence electrons. The second-order valence-electron chi connectivity index (χ2n) is 2.36. The average Bonchev–Trinajstić information content (AvgIpc) is 2.08. The summed E-state index contributed by atoms with van der Waals surface area (Å²) in [4.78, 5) is 0. The Morgan fingerprint density at radius 1 is 1.50 bits per heavy atom. The van der Waals surface area contributed by atoms with Gasteiger partial charge in [0.15, 0.2) is 0 Å². The van der Waals surface area contributed by atoms with E-state index in [1.165, 1.54) is 18.2 Å². The molecule has 0 saturated carbocycles. The molecule has 0 aliphatic carbocycles. The molecule has 1 unspecified atom stereocenters. The largest absolute Gasteiger partial charge is 0.393 e. The number of hydrogen-bond donors (Lipinski definition) is 2. The summed E-state index contributed by atoms with van der Waals surface area (Å²) in [7, 11) is 0. The lowest BCUT2D eigenvalue weighted by Gasteiger charge is -2.09. The van der Waals surface area contributed by atoms with Crippen LogP contribution in [-0.2, 0) is 0 Å². The van der Waals surface area contributed by atoms with Gasteiger partial charge in [-0.05, 0) is 23.8 Å². The van der Waals surface area contributed by atoms with E-state index in [0.29, 0.717) is 10.0 Å². The van der Waals surface area contributed by atoms with Crippen LogP contribution in [0.1, 0.15) is 11.7 Å². The number of rotatable bonds is 2. The van der Waals surface area contributed by atoms with Gasteiger partial charge >= 0.3 is 0 Å².